The Morgan fingerprint density at radius 1 is 1.05 bits per heavy atom. The average Bonchev–Trinajstić information content (AvgIpc) is 2.57. The van der Waals surface area contributed by atoms with Crippen LogP contribution in [-0.2, 0) is 6.42 Å². The predicted octanol–water partition coefficient (Wildman–Crippen LogP) is 3.18. The maximum Gasteiger partial charge on any atom is 0.253 e. The van der Waals surface area contributed by atoms with Gasteiger partial charge in [-0.3, -0.25) is 9.78 Å². The summed E-state index contributed by atoms with van der Waals surface area (Å²) in [6, 6.07) is 14.2. The van der Waals surface area contributed by atoms with E-state index in [-0.39, 0.29) is 5.91 Å². The molecule has 0 bridgehead atoms. The molecule has 21 heavy (non-hydrogen) atoms. The van der Waals surface area contributed by atoms with Crippen LogP contribution in [0.15, 0.2) is 54.9 Å². The summed E-state index contributed by atoms with van der Waals surface area (Å²) in [4.78, 5) is 18.3. The van der Waals surface area contributed by atoms with Crippen molar-refractivity contribution in [3.8, 4) is 0 Å². The third-order valence-electron chi connectivity index (χ3n) is 4.20. The quantitative estimate of drug-likeness (QED) is 0.865. The maximum atomic E-state index is 12.4. The Hall–Kier alpha value is -2.16. The Balaban J connectivity index is 1.54. The van der Waals surface area contributed by atoms with Gasteiger partial charge in [0.05, 0.1) is 0 Å². The van der Waals surface area contributed by atoms with Crippen molar-refractivity contribution in [2.45, 2.75) is 19.3 Å². The number of amides is 1. The molecule has 0 unspecified atom stereocenters. The summed E-state index contributed by atoms with van der Waals surface area (Å²) < 4.78 is 0. The number of nitrogens with zero attached hydrogens (tertiary/aromatic N) is 2. The van der Waals surface area contributed by atoms with E-state index in [2.05, 4.69) is 35.3 Å². The molecule has 0 saturated carbocycles. The van der Waals surface area contributed by atoms with Crippen LogP contribution in [0.3, 0.4) is 0 Å². The first-order valence-corrected chi connectivity index (χ1v) is 7.56. The third-order valence-corrected chi connectivity index (χ3v) is 4.20. The number of carbonyl (C=O) groups is 1. The predicted molar refractivity (Wildman–Crippen MR) is 83.0 cm³/mol. The molecule has 1 saturated heterocycles. The highest BCUT2D eigenvalue weighted by molar-refractivity contribution is 5.94. The van der Waals surface area contributed by atoms with Gasteiger partial charge in [-0.05, 0) is 42.9 Å². The fourth-order valence-electron chi connectivity index (χ4n) is 2.96. The lowest BCUT2D eigenvalue weighted by Gasteiger charge is -2.32. The van der Waals surface area contributed by atoms with Gasteiger partial charge in [-0.1, -0.05) is 30.3 Å². The number of hydrogen-bond donors (Lipinski definition) is 0. The largest absolute Gasteiger partial charge is 0.339 e. The van der Waals surface area contributed by atoms with Gasteiger partial charge >= 0.3 is 0 Å². The van der Waals surface area contributed by atoms with Gasteiger partial charge in [0.1, 0.15) is 0 Å². The molecule has 0 aliphatic carbocycles. The molecule has 3 rings (SSSR count). The molecule has 1 fully saturated rings. The van der Waals surface area contributed by atoms with Crippen molar-refractivity contribution in [2.75, 3.05) is 13.1 Å². The monoisotopic (exact) mass is 280 g/mol. The molecular formula is C18H20N2O. The van der Waals surface area contributed by atoms with Gasteiger partial charge in [-0.2, -0.15) is 0 Å². The highest BCUT2D eigenvalue weighted by Gasteiger charge is 2.23. The van der Waals surface area contributed by atoms with Crippen LogP contribution < -0.4 is 0 Å². The molecule has 0 atom stereocenters. The van der Waals surface area contributed by atoms with E-state index in [4.69, 9.17) is 0 Å². The lowest BCUT2D eigenvalue weighted by atomic mass is 9.90. The molecule has 1 aromatic heterocycles. The molecule has 1 aliphatic rings. The fraction of sp³-hybridized carbons (Fsp3) is 0.333. The standard InChI is InChI=1S/C18H20N2O/c21-18(17-6-10-19-11-7-17)20-12-8-16(9-13-20)14-15-4-2-1-3-5-15/h1-7,10-11,16H,8-9,12-14H2. The SMILES string of the molecule is O=C(c1ccncc1)N1CCC(Cc2ccccc2)CC1. The third kappa shape index (κ3) is 3.48. The number of carbonyl (C=O) groups excluding carboxylic acids is 1. The van der Waals surface area contributed by atoms with Gasteiger partial charge in [0, 0.05) is 31.0 Å². The van der Waals surface area contributed by atoms with Gasteiger partial charge in [-0.15, -0.1) is 0 Å². The Morgan fingerprint density at radius 3 is 2.38 bits per heavy atom. The molecule has 3 heteroatoms. The normalized spacial score (nSPS) is 15.9. The molecular weight excluding hydrogens is 260 g/mol. The van der Waals surface area contributed by atoms with E-state index in [9.17, 15) is 4.79 Å². The highest BCUT2D eigenvalue weighted by atomic mass is 16.2. The number of pyridine rings is 1. The van der Waals surface area contributed by atoms with Crippen LogP contribution in [0, 0.1) is 5.92 Å². The second-order valence-corrected chi connectivity index (χ2v) is 5.66. The van der Waals surface area contributed by atoms with E-state index >= 15 is 0 Å². The first kappa shape index (κ1) is 13.8. The van der Waals surface area contributed by atoms with Crippen LogP contribution in [0.2, 0.25) is 0 Å². The Bertz CT molecular complexity index is 575. The highest BCUT2D eigenvalue weighted by Crippen LogP contribution is 2.22. The summed E-state index contributed by atoms with van der Waals surface area (Å²) in [6.07, 6.45) is 6.65. The lowest BCUT2D eigenvalue weighted by Crippen LogP contribution is -2.38. The summed E-state index contributed by atoms with van der Waals surface area (Å²) in [7, 11) is 0. The number of likely N-dealkylation sites (tertiary alicyclic amines) is 1. The van der Waals surface area contributed by atoms with Crippen LogP contribution in [0.5, 0.6) is 0 Å². The second-order valence-electron chi connectivity index (χ2n) is 5.66. The molecule has 0 spiro atoms. The minimum atomic E-state index is 0.135. The van der Waals surface area contributed by atoms with Crippen LogP contribution >= 0.6 is 0 Å². The van der Waals surface area contributed by atoms with Crippen LogP contribution in [0.25, 0.3) is 0 Å². The van der Waals surface area contributed by atoms with Gasteiger partial charge in [0.15, 0.2) is 0 Å². The fourth-order valence-corrected chi connectivity index (χ4v) is 2.96. The molecule has 1 aliphatic heterocycles. The van der Waals surface area contributed by atoms with Crippen molar-refractivity contribution in [1.29, 1.82) is 0 Å². The Labute approximate surface area is 125 Å². The summed E-state index contributed by atoms with van der Waals surface area (Å²) in [5.41, 5.74) is 2.14. The summed E-state index contributed by atoms with van der Waals surface area (Å²) >= 11 is 0. The summed E-state index contributed by atoms with van der Waals surface area (Å²) in [5, 5.41) is 0. The lowest BCUT2D eigenvalue weighted by molar-refractivity contribution is 0.0690. The molecule has 108 valence electrons. The van der Waals surface area contributed by atoms with Crippen molar-refractivity contribution in [3.05, 3.63) is 66.0 Å². The van der Waals surface area contributed by atoms with Crippen LogP contribution in [0.1, 0.15) is 28.8 Å². The smallest absolute Gasteiger partial charge is 0.253 e. The van der Waals surface area contributed by atoms with E-state index in [1.165, 1.54) is 5.56 Å². The molecule has 1 amide bonds. The van der Waals surface area contributed by atoms with Crippen LogP contribution in [0.4, 0.5) is 0 Å². The van der Waals surface area contributed by atoms with Crippen molar-refractivity contribution in [1.82, 2.24) is 9.88 Å². The van der Waals surface area contributed by atoms with Gasteiger partial charge < -0.3 is 4.90 Å². The minimum Gasteiger partial charge on any atom is -0.339 e. The zero-order chi connectivity index (χ0) is 14.5. The first-order chi connectivity index (χ1) is 10.3. The zero-order valence-corrected chi connectivity index (χ0v) is 12.1. The van der Waals surface area contributed by atoms with Crippen molar-refractivity contribution in [3.63, 3.8) is 0 Å². The van der Waals surface area contributed by atoms with E-state index < -0.39 is 0 Å². The Kier molecular flexibility index (Phi) is 4.29. The van der Waals surface area contributed by atoms with E-state index in [0.717, 1.165) is 37.9 Å². The van der Waals surface area contributed by atoms with Crippen molar-refractivity contribution in [2.24, 2.45) is 5.92 Å². The van der Waals surface area contributed by atoms with Crippen LogP contribution in [-0.4, -0.2) is 28.9 Å². The van der Waals surface area contributed by atoms with E-state index in [1.807, 2.05) is 4.90 Å². The van der Waals surface area contributed by atoms with E-state index in [0.29, 0.717) is 5.92 Å². The molecule has 3 nitrogen and oxygen atoms in total. The number of benzene rings is 1. The Morgan fingerprint density at radius 2 is 1.71 bits per heavy atom. The number of rotatable bonds is 3. The maximum absolute atomic E-state index is 12.4. The van der Waals surface area contributed by atoms with Gasteiger partial charge in [0.2, 0.25) is 0 Å². The molecule has 1 aromatic carbocycles. The minimum absolute atomic E-state index is 0.135. The van der Waals surface area contributed by atoms with Gasteiger partial charge in [0.25, 0.3) is 5.91 Å². The molecule has 2 heterocycles. The van der Waals surface area contributed by atoms with Crippen molar-refractivity contribution < 1.29 is 4.79 Å². The molecule has 0 N–H and O–H groups in total. The molecule has 2 aromatic rings. The average molecular weight is 280 g/mol. The number of hydrogen-bond acceptors (Lipinski definition) is 2. The topological polar surface area (TPSA) is 33.2 Å². The number of piperidine rings is 1. The first-order valence-electron chi connectivity index (χ1n) is 7.56. The van der Waals surface area contributed by atoms with Crippen molar-refractivity contribution >= 4 is 5.91 Å². The summed E-state index contributed by atoms with van der Waals surface area (Å²) in [5.74, 6) is 0.824. The summed E-state index contributed by atoms with van der Waals surface area (Å²) in [6.45, 7) is 1.72. The second kappa shape index (κ2) is 6.53. The van der Waals surface area contributed by atoms with Gasteiger partial charge in [-0.25, -0.2) is 0 Å². The molecule has 0 radical (unpaired) electrons. The van der Waals surface area contributed by atoms with E-state index in [1.54, 1.807) is 24.5 Å². The number of aromatic nitrogens is 1. The zero-order valence-electron chi connectivity index (χ0n) is 12.1.